The molecule has 0 spiro atoms. The minimum absolute atomic E-state index is 1.01. The van der Waals surface area contributed by atoms with E-state index in [-0.39, 0.29) is 0 Å². The van der Waals surface area contributed by atoms with Gasteiger partial charge in [-0.2, -0.15) is 4.73 Å². The Morgan fingerprint density at radius 3 is 2.83 bits per heavy atom. The summed E-state index contributed by atoms with van der Waals surface area (Å²) in [6, 6.07) is 10.9. The van der Waals surface area contributed by atoms with Crippen LogP contribution in [0.1, 0.15) is 12.0 Å². The molecule has 0 unspecified atom stereocenters. The molecule has 1 aromatic carbocycles. The van der Waals surface area contributed by atoms with Crippen molar-refractivity contribution in [2.75, 3.05) is 27.2 Å². The van der Waals surface area contributed by atoms with Crippen molar-refractivity contribution in [3.05, 3.63) is 53.5 Å². The summed E-state index contributed by atoms with van der Waals surface area (Å²) in [5.41, 5.74) is 5.12. The van der Waals surface area contributed by atoms with E-state index >= 15 is 0 Å². The Bertz CT molecular complexity index is 861. The highest BCUT2D eigenvalue weighted by molar-refractivity contribution is 7.13. The molecule has 0 atom stereocenters. The van der Waals surface area contributed by atoms with Crippen LogP contribution in [0.5, 0.6) is 0 Å². The van der Waals surface area contributed by atoms with Crippen LogP contribution in [0.4, 0.5) is 0 Å². The zero-order chi connectivity index (χ0) is 15.8. The second-order valence-corrected chi connectivity index (χ2v) is 6.95. The van der Waals surface area contributed by atoms with Crippen molar-refractivity contribution in [2.45, 2.75) is 6.42 Å². The number of hydrogen-bond donors (Lipinski definition) is 0. The number of nitrogens with zero attached hydrogens (tertiary/aromatic N) is 2. The molecule has 3 heterocycles. The van der Waals surface area contributed by atoms with E-state index in [9.17, 15) is 0 Å². The zero-order valence-corrected chi connectivity index (χ0v) is 14.3. The van der Waals surface area contributed by atoms with E-state index < -0.39 is 0 Å². The first kappa shape index (κ1) is 14.5. The molecule has 0 fully saturated rings. The minimum atomic E-state index is 1.01. The number of fused-ring (bicyclic) bond motifs is 1. The second-order valence-electron chi connectivity index (χ2n) is 6.00. The third kappa shape index (κ3) is 2.58. The van der Waals surface area contributed by atoms with Crippen LogP contribution in [-0.4, -0.2) is 36.9 Å². The van der Waals surface area contributed by atoms with Crippen molar-refractivity contribution in [1.82, 2.24) is 9.63 Å². The number of hydrogen-bond acceptors (Lipinski definition) is 3. The van der Waals surface area contributed by atoms with Gasteiger partial charge in [-0.3, -0.25) is 0 Å². The third-order valence-corrected chi connectivity index (χ3v) is 5.45. The van der Waals surface area contributed by atoms with Gasteiger partial charge < -0.3 is 9.74 Å². The first-order valence-corrected chi connectivity index (χ1v) is 8.75. The quantitative estimate of drug-likeness (QED) is 0.720. The Kier molecular flexibility index (Phi) is 3.71. The summed E-state index contributed by atoms with van der Waals surface area (Å²) in [6.45, 7) is 2.12. The summed E-state index contributed by atoms with van der Waals surface area (Å²) < 4.78 is 1.88. The highest BCUT2D eigenvalue weighted by Crippen LogP contribution is 2.34. The largest absolute Gasteiger partial charge is 0.417 e. The van der Waals surface area contributed by atoms with Crippen LogP contribution in [-0.2, 0) is 0 Å². The Morgan fingerprint density at radius 1 is 1.22 bits per heavy atom. The smallest absolute Gasteiger partial charge is 0.104 e. The maximum Gasteiger partial charge on any atom is 0.104 e. The van der Waals surface area contributed by atoms with Crippen LogP contribution in [0.3, 0.4) is 0 Å². The molecule has 1 aliphatic rings. The SMILES string of the molecule is COn1cc(C2=CCN(C)CC2)c2cc(-c3cccs3)ccc21. The van der Waals surface area contributed by atoms with E-state index in [0.29, 0.717) is 0 Å². The average Bonchev–Trinajstić information content (AvgIpc) is 3.23. The van der Waals surface area contributed by atoms with Crippen molar-refractivity contribution >= 4 is 27.8 Å². The van der Waals surface area contributed by atoms with Crippen molar-refractivity contribution in [3.8, 4) is 10.4 Å². The fourth-order valence-electron chi connectivity index (χ4n) is 3.22. The molecule has 0 saturated heterocycles. The molecule has 0 radical (unpaired) electrons. The van der Waals surface area contributed by atoms with Gasteiger partial charge in [-0.15, -0.1) is 11.3 Å². The molecule has 0 bridgehead atoms. The summed E-state index contributed by atoms with van der Waals surface area (Å²) >= 11 is 1.78. The molecule has 3 nitrogen and oxygen atoms in total. The second kappa shape index (κ2) is 5.87. The molecule has 23 heavy (non-hydrogen) atoms. The Labute approximate surface area is 140 Å². The van der Waals surface area contributed by atoms with E-state index in [2.05, 4.69) is 59.9 Å². The summed E-state index contributed by atoms with van der Waals surface area (Å²) in [7, 11) is 3.89. The van der Waals surface area contributed by atoms with Gasteiger partial charge in [0, 0.05) is 28.9 Å². The lowest BCUT2D eigenvalue weighted by atomic mass is 9.98. The molecule has 3 aromatic rings. The predicted molar refractivity (Wildman–Crippen MR) is 97.8 cm³/mol. The average molecular weight is 324 g/mol. The van der Waals surface area contributed by atoms with Crippen LogP contribution < -0.4 is 4.84 Å². The molecule has 4 heteroatoms. The van der Waals surface area contributed by atoms with E-state index in [0.717, 1.165) is 25.0 Å². The molecule has 0 N–H and O–H groups in total. The molecule has 2 aromatic heterocycles. The van der Waals surface area contributed by atoms with Crippen molar-refractivity contribution in [3.63, 3.8) is 0 Å². The molecule has 118 valence electrons. The Hall–Kier alpha value is -2.04. The summed E-state index contributed by atoms with van der Waals surface area (Å²) in [5.74, 6) is 0. The van der Waals surface area contributed by atoms with E-state index in [1.165, 1.54) is 27.0 Å². The molecule has 1 aliphatic heterocycles. The first-order valence-electron chi connectivity index (χ1n) is 7.87. The van der Waals surface area contributed by atoms with Gasteiger partial charge in [-0.05, 0) is 48.2 Å². The summed E-state index contributed by atoms with van der Waals surface area (Å²) in [4.78, 5) is 9.18. The lowest BCUT2D eigenvalue weighted by Crippen LogP contribution is -2.23. The predicted octanol–water partition coefficient (Wildman–Crippen LogP) is 4.15. The zero-order valence-electron chi connectivity index (χ0n) is 13.5. The number of thiophene rings is 1. The maximum absolute atomic E-state index is 5.53. The van der Waals surface area contributed by atoms with Gasteiger partial charge in [-0.25, -0.2) is 0 Å². The van der Waals surface area contributed by atoms with Gasteiger partial charge in [0.1, 0.15) is 7.11 Å². The monoisotopic (exact) mass is 324 g/mol. The lowest BCUT2D eigenvalue weighted by molar-refractivity contribution is 0.179. The third-order valence-electron chi connectivity index (χ3n) is 4.53. The molecule has 0 aliphatic carbocycles. The molecular formula is C19H20N2OS. The number of rotatable bonds is 3. The van der Waals surface area contributed by atoms with Crippen LogP contribution >= 0.6 is 11.3 Å². The molecule has 0 saturated carbocycles. The van der Waals surface area contributed by atoms with Gasteiger partial charge in [0.15, 0.2) is 0 Å². The summed E-state index contributed by atoms with van der Waals surface area (Å²) in [6.07, 6.45) is 5.55. The van der Waals surface area contributed by atoms with Crippen molar-refractivity contribution in [2.24, 2.45) is 0 Å². The fraction of sp³-hybridized carbons (Fsp3) is 0.263. The number of likely N-dealkylation sites (N-methyl/N-ethyl adjacent to an activating group) is 1. The van der Waals surface area contributed by atoms with Crippen molar-refractivity contribution < 1.29 is 4.84 Å². The standard InChI is InChI=1S/C19H20N2OS/c1-20-9-7-14(8-10-20)17-13-21(22-2)18-6-5-15(12-16(17)18)19-4-3-11-23-19/h3-7,11-13H,8-10H2,1-2H3. The highest BCUT2D eigenvalue weighted by atomic mass is 32.1. The lowest BCUT2D eigenvalue weighted by Gasteiger charge is -2.21. The van der Waals surface area contributed by atoms with E-state index in [4.69, 9.17) is 4.84 Å². The van der Waals surface area contributed by atoms with Crippen LogP contribution in [0.2, 0.25) is 0 Å². The minimum Gasteiger partial charge on any atom is -0.417 e. The summed E-state index contributed by atoms with van der Waals surface area (Å²) in [5, 5.41) is 3.40. The van der Waals surface area contributed by atoms with Gasteiger partial charge in [0.05, 0.1) is 11.7 Å². The molecular weight excluding hydrogens is 304 g/mol. The van der Waals surface area contributed by atoms with Crippen molar-refractivity contribution in [1.29, 1.82) is 0 Å². The Morgan fingerprint density at radius 2 is 2.13 bits per heavy atom. The van der Waals surface area contributed by atoms with Crippen LogP contribution in [0.15, 0.2) is 48.0 Å². The van der Waals surface area contributed by atoms with Gasteiger partial charge in [-0.1, -0.05) is 18.2 Å². The normalized spacial score (nSPS) is 15.8. The Balaban J connectivity index is 1.87. The van der Waals surface area contributed by atoms with Gasteiger partial charge in [0.25, 0.3) is 0 Å². The van der Waals surface area contributed by atoms with Crippen LogP contribution in [0.25, 0.3) is 26.9 Å². The highest BCUT2D eigenvalue weighted by Gasteiger charge is 2.16. The molecule has 4 rings (SSSR count). The van der Waals surface area contributed by atoms with Gasteiger partial charge >= 0.3 is 0 Å². The van der Waals surface area contributed by atoms with E-state index in [1.807, 2.05) is 4.73 Å². The topological polar surface area (TPSA) is 17.4 Å². The molecule has 0 amide bonds. The fourth-order valence-corrected chi connectivity index (χ4v) is 3.94. The van der Waals surface area contributed by atoms with Gasteiger partial charge in [0.2, 0.25) is 0 Å². The van der Waals surface area contributed by atoms with Crippen LogP contribution in [0, 0.1) is 0 Å². The number of aromatic nitrogens is 1. The number of benzene rings is 1. The maximum atomic E-state index is 5.53. The first-order chi connectivity index (χ1) is 11.3. The van der Waals surface area contributed by atoms with E-state index in [1.54, 1.807) is 18.4 Å².